The van der Waals surface area contributed by atoms with E-state index in [1.54, 1.807) is 4.90 Å². The van der Waals surface area contributed by atoms with Gasteiger partial charge in [0.05, 0.1) is 47.4 Å². The van der Waals surface area contributed by atoms with E-state index in [9.17, 15) is 4.79 Å². The zero-order valence-corrected chi connectivity index (χ0v) is 24.3. The summed E-state index contributed by atoms with van der Waals surface area (Å²) < 4.78 is 21.8. The van der Waals surface area contributed by atoms with Crippen LogP contribution < -0.4 is 4.74 Å². The van der Waals surface area contributed by atoms with Crippen LogP contribution in [0.4, 0.5) is 4.79 Å². The van der Waals surface area contributed by atoms with E-state index in [0.717, 1.165) is 70.5 Å². The van der Waals surface area contributed by atoms with Crippen molar-refractivity contribution < 1.29 is 19.0 Å². The van der Waals surface area contributed by atoms with Gasteiger partial charge in [-0.3, -0.25) is 9.58 Å². The number of fused-ring (bicyclic) bond motifs is 4. The summed E-state index contributed by atoms with van der Waals surface area (Å²) in [5, 5.41) is 17.9. The molecule has 1 aromatic carbocycles. The predicted molar refractivity (Wildman–Crippen MR) is 155 cm³/mol. The van der Waals surface area contributed by atoms with Crippen LogP contribution in [0.5, 0.6) is 5.88 Å². The molecule has 2 aliphatic rings. The van der Waals surface area contributed by atoms with Crippen LogP contribution in [0, 0.1) is 6.92 Å². The molecule has 2 bridgehead atoms. The van der Waals surface area contributed by atoms with Crippen molar-refractivity contribution >= 4 is 29.1 Å². The first-order chi connectivity index (χ1) is 19.7. The monoisotopic (exact) mass is 559 g/mol. The average Bonchev–Trinajstić information content (AvgIpc) is 3.60. The summed E-state index contributed by atoms with van der Waals surface area (Å²) in [6.07, 6.45) is 8.43. The predicted octanol–water partition coefficient (Wildman–Crippen LogP) is 5.47. The van der Waals surface area contributed by atoms with Crippen LogP contribution in [-0.4, -0.2) is 66.1 Å². The van der Waals surface area contributed by atoms with Gasteiger partial charge in [0, 0.05) is 24.6 Å². The number of rotatable bonds is 1. The lowest BCUT2D eigenvalue weighted by molar-refractivity contribution is -0.0367. The lowest BCUT2D eigenvalue weighted by Crippen LogP contribution is -2.39. The maximum absolute atomic E-state index is 13.3. The number of nitrogens with one attached hydrogen (secondary N) is 1. The maximum atomic E-state index is 13.3. The highest BCUT2D eigenvalue weighted by Gasteiger charge is 2.26. The first-order valence-electron chi connectivity index (χ1n) is 14.2. The number of aromatic nitrogens is 6. The molecule has 0 aliphatic carbocycles. The molecule has 0 spiro atoms. The fourth-order valence-electron chi connectivity index (χ4n) is 5.37. The van der Waals surface area contributed by atoms with Gasteiger partial charge in [-0.1, -0.05) is 6.07 Å². The molecule has 0 saturated carbocycles. The van der Waals surface area contributed by atoms with Crippen molar-refractivity contribution in [3.63, 3.8) is 0 Å². The number of carbonyl (C=O) groups excluding carboxylic acids is 1. The maximum Gasteiger partial charge on any atom is 0.410 e. The molecule has 1 atom stereocenters. The van der Waals surface area contributed by atoms with E-state index in [1.165, 1.54) is 0 Å². The third kappa shape index (κ3) is 5.46. The number of hydrogen-bond donors (Lipinski definition) is 1. The van der Waals surface area contributed by atoms with Gasteiger partial charge in [-0.05, 0) is 76.8 Å². The molecular weight excluding hydrogens is 522 g/mol. The fraction of sp³-hybridized carbons (Fsp3) is 0.467. The summed E-state index contributed by atoms with van der Waals surface area (Å²) in [7, 11) is 1.89. The minimum Gasteiger partial charge on any atom is -0.476 e. The van der Waals surface area contributed by atoms with Crippen molar-refractivity contribution in [1.82, 2.24) is 34.7 Å². The van der Waals surface area contributed by atoms with Crippen LogP contribution in [0.3, 0.4) is 0 Å². The molecule has 41 heavy (non-hydrogen) atoms. The van der Waals surface area contributed by atoms with Crippen LogP contribution in [-0.2, 0) is 23.1 Å². The summed E-state index contributed by atoms with van der Waals surface area (Å²) in [4.78, 5) is 15.0. The van der Waals surface area contributed by atoms with E-state index in [2.05, 4.69) is 33.5 Å². The lowest BCUT2D eigenvalue weighted by Gasteiger charge is -2.27. The molecule has 4 aromatic rings. The molecule has 3 aromatic heterocycles. The number of aryl methyl sites for hydroxylation is 2. The van der Waals surface area contributed by atoms with Crippen molar-refractivity contribution in [2.24, 2.45) is 7.05 Å². The third-order valence-corrected chi connectivity index (χ3v) is 7.50. The van der Waals surface area contributed by atoms with Gasteiger partial charge in [-0.25, -0.2) is 14.6 Å². The number of ether oxygens (including phenoxy) is 3. The van der Waals surface area contributed by atoms with Crippen LogP contribution in [0.1, 0.15) is 68.9 Å². The average molecular weight is 560 g/mol. The molecule has 1 saturated heterocycles. The second-order valence-corrected chi connectivity index (χ2v) is 11.6. The summed E-state index contributed by atoms with van der Waals surface area (Å²) in [6, 6.07) is 6.35. The number of H-pyrrole nitrogens is 1. The van der Waals surface area contributed by atoms with Crippen molar-refractivity contribution in [1.29, 1.82) is 0 Å². The molecule has 1 amide bonds. The van der Waals surface area contributed by atoms with Crippen molar-refractivity contribution in [2.45, 2.75) is 65.3 Å². The summed E-state index contributed by atoms with van der Waals surface area (Å²) in [6.45, 7) is 9.12. The zero-order chi connectivity index (χ0) is 28.7. The third-order valence-electron chi connectivity index (χ3n) is 7.50. The highest BCUT2D eigenvalue weighted by molar-refractivity contribution is 5.93. The molecule has 1 fully saturated rings. The molecule has 6 rings (SSSR count). The molecule has 0 radical (unpaired) electrons. The molecule has 11 nitrogen and oxygen atoms in total. The molecule has 11 heteroatoms. The van der Waals surface area contributed by atoms with E-state index in [4.69, 9.17) is 19.3 Å². The van der Waals surface area contributed by atoms with Crippen LogP contribution in [0.2, 0.25) is 0 Å². The Balaban J connectivity index is 1.49. The lowest BCUT2D eigenvalue weighted by atomic mass is 10.0. The van der Waals surface area contributed by atoms with Crippen molar-refractivity contribution in [3.8, 4) is 17.0 Å². The fourth-order valence-corrected chi connectivity index (χ4v) is 5.37. The van der Waals surface area contributed by atoms with Gasteiger partial charge in [0.15, 0.2) is 6.23 Å². The molecular formula is C30H37N7O4. The topological polar surface area (TPSA) is 112 Å². The number of carbonyl (C=O) groups is 1. The van der Waals surface area contributed by atoms with E-state index in [0.29, 0.717) is 19.0 Å². The smallest absolute Gasteiger partial charge is 0.410 e. The van der Waals surface area contributed by atoms with Crippen LogP contribution in [0.25, 0.3) is 34.2 Å². The first-order valence-corrected chi connectivity index (χ1v) is 14.2. The molecule has 1 N–H and O–H groups in total. The largest absolute Gasteiger partial charge is 0.476 e. The van der Waals surface area contributed by atoms with E-state index in [1.807, 2.05) is 62.5 Å². The minimum atomic E-state index is -0.633. The molecule has 5 heterocycles. The van der Waals surface area contributed by atoms with Crippen LogP contribution >= 0.6 is 0 Å². The summed E-state index contributed by atoms with van der Waals surface area (Å²) >= 11 is 0. The molecule has 1 unspecified atom stereocenters. The quantitative estimate of drug-likeness (QED) is 0.329. The molecule has 216 valence electrons. The van der Waals surface area contributed by atoms with Gasteiger partial charge in [0.2, 0.25) is 5.88 Å². The summed E-state index contributed by atoms with van der Waals surface area (Å²) in [5.41, 5.74) is 5.68. The van der Waals surface area contributed by atoms with Gasteiger partial charge in [0.1, 0.15) is 12.2 Å². The minimum absolute atomic E-state index is 0.101. The SMILES string of the molecule is Cc1n[nH]c2c1/C=C/c1nn(C3CCCCO3)c3ccc(cc13)-c1cnn(C)c1CN(C(=O)OC(C)(C)C)CCO2. The number of benzene rings is 1. The Morgan fingerprint density at radius 1 is 1.17 bits per heavy atom. The Kier molecular flexibility index (Phi) is 7.06. The number of aromatic amines is 1. The van der Waals surface area contributed by atoms with Crippen LogP contribution in [0.15, 0.2) is 24.4 Å². The second kappa shape index (κ2) is 10.7. The Bertz CT molecular complexity index is 1600. The Morgan fingerprint density at radius 2 is 2.02 bits per heavy atom. The van der Waals surface area contributed by atoms with E-state index in [-0.39, 0.29) is 12.8 Å². The van der Waals surface area contributed by atoms with Gasteiger partial charge < -0.3 is 14.2 Å². The Labute approximate surface area is 239 Å². The number of nitrogens with zero attached hydrogens (tertiary/aromatic N) is 6. The highest BCUT2D eigenvalue weighted by Crippen LogP contribution is 2.34. The number of hydrogen-bond acceptors (Lipinski definition) is 7. The van der Waals surface area contributed by atoms with Gasteiger partial charge >= 0.3 is 6.09 Å². The summed E-state index contributed by atoms with van der Waals surface area (Å²) in [5.74, 6) is 0.541. The standard InChI is InChI=1S/C30H37N7O4/c1-19-21-10-11-24-22-16-20(9-12-25(22)37(34-24)27-8-6-7-14-39-27)23-17-31-35(5)26(23)18-36(29(38)41-30(2,3)4)13-15-40-28(21)33-32-19/h9-12,16-17,27H,6-8,13-15,18H2,1-5H3,(H,32,33)/b11-10+. The van der Waals surface area contributed by atoms with Gasteiger partial charge in [-0.15, -0.1) is 0 Å². The normalized spacial score (nSPS) is 18.8. The second-order valence-electron chi connectivity index (χ2n) is 11.6. The Hall–Kier alpha value is -4.12. The Morgan fingerprint density at radius 3 is 2.80 bits per heavy atom. The van der Waals surface area contributed by atoms with E-state index >= 15 is 0 Å². The van der Waals surface area contributed by atoms with Crippen molar-refractivity contribution in [3.05, 3.63) is 47.0 Å². The molecule has 2 aliphatic heterocycles. The zero-order valence-electron chi connectivity index (χ0n) is 24.3. The van der Waals surface area contributed by atoms with E-state index < -0.39 is 11.7 Å². The van der Waals surface area contributed by atoms with Crippen molar-refractivity contribution in [2.75, 3.05) is 19.8 Å². The van der Waals surface area contributed by atoms with Gasteiger partial charge in [-0.2, -0.15) is 15.3 Å². The number of amides is 1. The highest BCUT2D eigenvalue weighted by atomic mass is 16.6. The van der Waals surface area contributed by atoms with Gasteiger partial charge in [0.25, 0.3) is 0 Å². The first kappa shape index (κ1) is 27.1.